The second kappa shape index (κ2) is 12.9. The Hall–Kier alpha value is -4.77. The first kappa shape index (κ1) is 31.2. The molecule has 8 nitrogen and oxygen atoms in total. The Bertz CT molecular complexity index is 1930. The summed E-state index contributed by atoms with van der Waals surface area (Å²) >= 11 is 1.21. The molecule has 1 atom stereocenters. The van der Waals surface area contributed by atoms with Gasteiger partial charge >= 0.3 is 0 Å². The van der Waals surface area contributed by atoms with Crippen LogP contribution in [0.1, 0.15) is 80.3 Å². The Balaban J connectivity index is 1.45. The molecule has 2 aromatic carbocycles. The number of benzene rings is 2. The van der Waals surface area contributed by atoms with E-state index in [4.69, 9.17) is 15.1 Å². The largest absolute Gasteiger partial charge is 0.421 e. The van der Waals surface area contributed by atoms with E-state index in [1.807, 2.05) is 19.9 Å². The normalized spacial score (nSPS) is 14.1. The van der Waals surface area contributed by atoms with Gasteiger partial charge in [0.05, 0.1) is 33.4 Å². The molecule has 1 unspecified atom stereocenters. The van der Waals surface area contributed by atoms with E-state index < -0.39 is 5.91 Å². The third-order valence-electron chi connectivity index (χ3n) is 8.09. The molecule has 46 heavy (non-hydrogen) atoms. The molecular formula is C35H33F2N5O3S. The van der Waals surface area contributed by atoms with Gasteiger partial charge in [0.2, 0.25) is 11.8 Å². The first-order valence-corrected chi connectivity index (χ1v) is 16.0. The highest BCUT2D eigenvalue weighted by Gasteiger charge is 2.31. The van der Waals surface area contributed by atoms with Crippen LogP contribution < -0.4 is 11.1 Å². The van der Waals surface area contributed by atoms with Crippen molar-refractivity contribution in [2.75, 3.05) is 0 Å². The van der Waals surface area contributed by atoms with Crippen molar-refractivity contribution in [2.24, 2.45) is 11.7 Å². The minimum absolute atomic E-state index is 0.156. The van der Waals surface area contributed by atoms with Gasteiger partial charge in [-0.2, -0.15) is 0 Å². The van der Waals surface area contributed by atoms with Gasteiger partial charge in [-0.15, -0.1) is 21.5 Å². The molecule has 0 spiro atoms. The van der Waals surface area contributed by atoms with Crippen LogP contribution in [-0.4, -0.2) is 27.0 Å². The van der Waals surface area contributed by atoms with E-state index in [1.165, 1.54) is 29.5 Å². The molecule has 1 aliphatic rings. The Morgan fingerprint density at radius 3 is 2.50 bits per heavy atom. The number of pyridine rings is 1. The molecule has 236 valence electrons. The molecule has 0 bridgehead atoms. The molecule has 1 aliphatic carbocycles. The van der Waals surface area contributed by atoms with Crippen molar-refractivity contribution in [3.05, 3.63) is 111 Å². The molecule has 0 aliphatic heterocycles. The van der Waals surface area contributed by atoms with Gasteiger partial charge in [0.25, 0.3) is 11.8 Å². The average Bonchev–Trinajstić information content (AvgIpc) is 3.77. The van der Waals surface area contributed by atoms with Crippen molar-refractivity contribution in [3.63, 3.8) is 0 Å². The van der Waals surface area contributed by atoms with Crippen molar-refractivity contribution < 1.29 is 22.8 Å². The predicted molar refractivity (Wildman–Crippen MR) is 171 cm³/mol. The summed E-state index contributed by atoms with van der Waals surface area (Å²) < 4.78 is 33.8. The second-order valence-corrected chi connectivity index (χ2v) is 13.0. The number of hydrogen-bond donors (Lipinski definition) is 2. The standard InChI is InChI=1S/C35H33F2N5O3S/c1-18(2)17-27-30(33(38)43)32(28-15-16-29(46-28)34(44)40-25-14-12-22-23(25)5-4-6-24(22)37)31(35-42-41-19(3)45-35)26(39-27)13-9-20-7-10-21(36)11-8-20/h4-8,10-11,15-16,18,25H,9,12-14,17H2,1-3H3,(H2,38,43)(H,40,44). The van der Waals surface area contributed by atoms with Gasteiger partial charge in [-0.1, -0.05) is 38.1 Å². The number of hydrogen-bond acceptors (Lipinski definition) is 7. The Morgan fingerprint density at radius 2 is 1.80 bits per heavy atom. The van der Waals surface area contributed by atoms with Crippen LogP contribution in [0.2, 0.25) is 0 Å². The summed E-state index contributed by atoms with van der Waals surface area (Å²) in [7, 11) is 0. The molecule has 0 saturated carbocycles. The van der Waals surface area contributed by atoms with Gasteiger partial charge < -0.3 is 15.5 Å². The van der Waals surface area contributed by atoms with Gasteiger partial charge in [0.15, 0.2) is 0 Å². The number of fused-ring (bicyclic) bond motifs is 1. The van der Waals surface area contributed by atoms with Crippen molar-refractivity contribution in [3.8, 4) is 21.9 Å². The van der Waals surface area contributed by atoms with Crippen molar-refractivity contribution in [2.45, 2.75) is 58.9 Å². The quantitative estimate of drug-likeness (QED) is 0.170. The number of amides is 2. The van der Waals surface area contributed by atoms with Crippen LogP contribution in [0.25, 0.3) is 21.9 Å². The summed E-state index contributed by atoms with van der Waals surface area (Å²) in [6.07, 6.45) is 2.59. The molecular weight excluding hydrogens is 608 g/mol. The minimum Gasteiger partial charge on any atom is -0.421 e. The molecule has 0 saturated heterocycles. The van der Waals surface area contributed by atoms with Gasteiger partial charge in [-0.3, -0.25) is 14.6 Å². The first-order valence-electron chi connectivity index (χ1n) is 15.2. The minimum atomic E-state index is -0.662. The molecule has 5 aromatic rings. The van der Waals surface area contributed by atoms with E-state index in [2.05, 4.69) is 15.5 Å². The highest BCUT2D eigenvalue weighted by atomic mass is 32.1. The molecule has 3 N–H and O–H groups in total. The molecule has 3 heterocycles. The number of halogens is 2. The summed E-state index contributed by atoms with van der Waals surface area (Å²) in [5.41, 5.74) is 10.7. The fourth-order valence-electron chi connectivity index (χ4n) is 6.04. The lowest BCUT2D eigenvalue weighted by molar-refractivity contribution is 0.0939. The van der Waals surface area contributed by atoms with Crippen molar-refractivity contribution >= 4 is 23.2 Å². The number of nitrogens with zero attached hydrogens (tertiary/aromatic N) is 3. The third-order valence-corrected chi connectivity index (χ3v) is 9.20. The van der Waals surface area contributed by atoms with Crippen molar-refractivity contribution in [1.82, 2.24) is 20.5 Å². The monoisotopic (exact) mass is 641 g/mol. The smallest absolute Gasteiger partial charge is 0.261 e. The Kier molecular flexibility index (Phi) is 8.77. The number of thiophene rings is 1. The van der Waals surface area contributed by atoms with Gasteiger partial charge in [-0.05, 0) is 85.0 Å². The van der Waals surface area contributed by atoms with E-state index in [-0.39, 0.29) is 41.0 Å². The highest BCUT2D eigenvalue weighted by Crippen LogP contribution is 2.42. The molecule has 0 fully saturated rings. The Morgan fingerprint density at radius 1 is 1.02 bits per heavy atom. The van der Waals surface area contributed by atoms with Gasteiger partial charge in [0, 0.05) is 17.4 Å². The summed E-state index contributed by atoms with van der Waals surface area (Å²) in [6, 6.07) is 14.4. The van der Waals surface area contributed by atoms with E-state index in [9.17, 15) is 18.4 Å². The number of aromatic nitrogens is 3. The lowest BCUT2D eigenvalue weighted by atomic mass is 9.91. The molecule has 6 rings (SSSR count). The number of carbonyl (C=O) groups is 2. The van der Waals surface area contributed by atoms with E-state index in [0.717, 1.165) is 11.1 Å². The summed E-state index contributed by atoms with van der Waals surface area (Å²) in [4.78, 5) is 32.7. The molecule has 11 heteroatoms. The fourth-order valence-corrected chi connectivity index (χ4v) is 7.01. The molecule has 2 amide bonds. The van der Waals surface area contributed by atoms with Crippen LogP contribution in [0.15, 0.2) is 59.0 Å². The van der Waals surface area contributed by atoms with Crippen molar-refractivity contribution in [1.29, 1.82) is 0 Å². The zero-order valence-corrected chi connectivity index (χ0v) is 26.5. The lowest BCUT2D eigenvalue weighted by Gasteiger charge is -2.19. The summed E-state index contributed by atoms with van der Waals surface area (Å²) in [5.74, 6) is -0.886. The van der Waals surface area contributed by atoms with Crippen LogP contribution >= 0.6 is 11.3 Å². The maximum absolute atomic E-state index is 14.3. The van der Waals surface area contributed by atoms with Gasteiger partial charge in [-0.25, -0.2) is 8.78 Å². The lowest BCUT2D eigenvalue weighted by Crippen LogP contribution is -2.26. The number of aryl methyl sites for hydroxylation is 3. The fraction of sp³-hybridized carbons (Fsp3) is 0.286. The average molecular weight is 642 g/mol. The number of nitrogens with two attached hydrogens (primary N) is 1. The van der Waals surface area contributed by atoms with Crippen LogP contribution in [0.5, 0.6) is 0 Å². The Labute approximate surface area is 269 Å². The number of primary amides is 1. The zero-order valence-electron chi connectivity index (χ0n) is 25.7. The van der Waals surface area contributed by atoms with Crippen LogP contribution in [0.3, 0.4) is 0 Å². The SMILES string of the molecule is Cc1nnc(-c2c(CCc3ccc(F)cc3)nc(CC(C)C)c(C(N)=O)c2-c2ccc(C(=O)NC3CCc4c(F)cccc43)s2)o1. The number of nitrogens with one attached hydrogen (secondary N) is 1. The number of rotatable bonds is 10. The topological polar surface area (TPSA) is 124 Å². The third kappa shape index (κ3) is 6.32. The zero-order chi connectivity index (χ0) is 32.5. The number of carbonyl (C=O) groups excluding carboxylic acids is 2. The van der Waals surface area contributed by atoms with Gasteiger partial charge in [0.1, 0.15) is 11.6 Å². The summed E-state index contributed by atoms with van der Waals surface area (Å²) in [5, 5.41) is 11.4. The van der Waals surface area contributed by atoms with E-state index in [1.54, 1.807) is 37.3 Å². The maximum Gasteiger partial charge on any atom is 0.261 e. The van der Waals surface area contributed by atoms with Crippen LogP contribution in [0, 0.1) is 24.5 Å². The maximum atomic E-state index is 14.3. The predicted octanol–water partition coefficient (Wildman–Crippen LogP) is 6.95. The molecule has 0 radical (unpaired) electrons. The molecule has 3 aromatic heterocycles. The van der Waals surface area contributed by atoms with Crippen LogP contribution in [0.4, 0.5) is 8.78 Å². The van der Waals surface area contributed by atoms with E-state index >= 15 is 0 Å². The van der Waals surface area contributed by atoms with Crippen LogP contribution in [-0.2, 0) is 25.7 Å². The summed E-state index contributed by atoms with van der Waals surface area (Å²) in [6.45, 7) is 5.73. The highest BCUT2D eigenvalue weighted by molar-refractivity contribution is 7.17. The van der Waals surface area contributed by atoms with E-state index in [0.29, 0.717) is 75.8 Å². The second-order valence-electron chi connectivity index (χ2n) is 11.9. The first-order chi connectivity index (χ1) is 22.1.